The maximum absolute atomic E-state index is 11.3. The molecule has 0 aliphatic carbocycles. The van der Waals surface area contributed by atoms with Crippen LogP contribution in [-0.4, -0.2) is 24.0 Å². The topological polar surface area (TPSA) is 34.4 Å². The van der Waals surface area contributed by atoms with Crippen molar-refractivity contribution in [2.24, 2.45) is 0 Å². The molecule has 0 unspecified atom stereocenters. The summed E-state index contributed by atoms with van der Waals surface area (Å²) < 4.78 is 0. The molecule has 0 saturated carbocycles. The maximum Gasteiger partial charge on any atom is 1.00 e. The number of carbonyl (C=O) groups is 1. The van der Waals surface area contributed by atoms with Crippen LogP contribution in [0.5, 0.6) is 0 Å². The molecule has 1 saturated heterocycles. The van der Waals surface area contributed by atoms with Gasteiger partial charge in [-0.1, -0.05) is 44.3 Å². The zero-order chi connectivity index (χ0) is 10.1. The largest absolute Gasteiger partial charge is 1.00 e. The Balaban J connectivity index is 0.00000112. The third-order valence-electron chi connectivity index (χ3n) is 2.76. The molecule has 1 fully saturated rings. The number of likely N-dealkylation sites (N-methyl/N-ethyl adjacent to an activating group) is 1. The van der Waals surface area contributed by atoms with Crippen molar-refractivity contribution in [1.82, 2.24) is 4.90 Å². The van der Waals surface area contributed by atoms with E-state index in [9.17, 15) is 4.79 Å². The molecular weight excluding hydrogens is 183 g/mol. The predicted octanol–water partition coefficient (Wildman–Crippen LogP) is -0.441. The van der Waals surface area contributed by atoms with Gasteiger partial charge in [0.2, 0.25) is 0 Å². The fourth-order valence-corrected chi connectivity index (χ4v) is 1.71. The molecule has 2 atom stereocenters. The summed E-state index contributed by atoms with van der Waals surface area (Å²) in [6.07, 6.45) is 0. The molecule has 1 aromatic rings. The molecule has 0 aromatic heterocycles. The molecule has 0 radical (unpaired) electrons. The van der Waals surface area contributed by atoms with E-state index in [1.54, 1.807) is 11.9 Å². The number of hydrogen-bond acceptors (Lipinski definition) is 1. The van der Waals surface area contributed by atoms with Crippen LogP contribution in [-0.2, 0) is 0 Å². The van der Waals surface area contributed by atoms with Gasteiger partial charge in [-0.25, -0.2) is 0 Å². The summed E-state index contributed by atoms with van der Waals surface area (Å²) in [6, 6.07) is 9.97. The Hall–Kier alpha value is -0.913. The summed E-state index contributed by atoms with van der Waals surface area (Å²) in [5, 5.41) is 4.11. The summed E-state index contributed by atoms with van der Waals surface area (Å²) in [7, 11) is 1.79. The fraction of sp³-hybridized carbons (Fsp3) is 0.364. The van der Waals surface area contributed by atoms with Gasteiger partial charge in [0.25, 0.3) is 0 Å². The van der Waals surface area contributed by atoms with Crippen molar-refractivity contribution >= 4 is 6.03 Å². The molecule has 3 nitrogen and oxygen atoms in total. The smallest absolute Gasteiger partial charge is 0.436 e. The van der Waals surface area contributed by atoms with Crippen LogP contribution in [0.1, 0.15) is 18.5 Å². The molecule has 74 valence electrons. The van der Waals surface area contributed by atoms with Gasteiger partial charge in [0.15, 0.2) is 6.03 Å². The van der Waals surface area contributed by atoms with Crippen LogP contribution in [0.25, 0.3) is 5.32 Å². The zero-order valence-electron chi connectivity index (χ0n) is 9.34. The first-order valence-corrected chi connectivity index (χ1v) is 4.72. The van der Waals surface area contributed by atoms with E-state index in [0.29, 0.717) is 0 Å². The van der Waals surface area contributed by atoms with E-state index in [4.69, 9.17) is 0 Å². The van der Waals surface area contributed by atoms with E-state index in [1.807, 2.05) is 37.3 Å². The van der Waals surface area contributed by atoms with Gasteiger partial charge in [0, 0.05) is 0 Å². The van der Waals surface area contributed by atoms with Crippen molar-refractivity contribution in [2.45, 2.75) is 19.0 Å². The first-order chi connectivity index (χ1) is 6.70. The number of carbonyl (C=O) groups excluding carboxylic acids is 1. The van der Waals surface area contributed by atoms with Crippen LogP contribution < -0.4 is 18.9 Å². The minimum atomic E-state index is -0.119. The zero-order valence-corrected chi connectivity index (χ0v) is 9.34. The first-order valence-electron chi connectivity index (χ1n) is 4.72. The van der Waals surface area contributed by atoms with Crippen molar-refractivity contribution in [3.8, 4) is 0 Å². The standard InChI is InChI=1S/C11H14N2O.Li/c1-8-10(12-11(14)13(8)2)9-6-4-3-5-7-9;/h3-8,10H,1-2H3,(H,12,14);/q;+1/p-1/t8-,10-;/m1./s1. The van der Waals surface area contributed by atoms with Gasteiger partial charge in [-0.15, -0.1) is 0 Å². The summed E-state index contributed by atoms with van der Waals surface area (Å²) in [4.78, 5) is 13.0. The first kappa shape index (κ1) is 12.2. The second kappa shape index (κ2) is 4.74. The van der Waals surface area contributed by atoms with Crippen LogP contribution in [0.15, 0.2) is 30.3 Å². The summed E-state index contributed by atoms with van der Waals surface area (Å²) in [5.41, 5.74) is 1.11. The predicted molar refractivity (Wildman–Crippen MR) is 55.2 cm³/mol. The van der Waals surface area contributed by atoms with E-state index in [-0.39, 0.29) is 37.0 Å². The van der Waals surface area contributed by atoms with Crippen LogP contribution in [0.4, 0.5) is 4.79 Å². The Morgan fingerprint density at radius 3 is 2.33 bits per heavy atom. The third kappa shape index (κ3) is 2.19. The van der Waals surface area contributed by atoms with E-state index < -0.39 is 0 Å². The summed E-state index contributed by atoms with van der Waals surface area (Å²) in [6.45, 7) is 2.02. The monoisotopic (exact) mass is 196 g/mol. The summed E-state index contributed by atoms with van der Waals surface area (Å²) >= 11 is 0. The number of benzene rings is 1. The van der Waals surface area contributed by atoms with Crippen LogP contribution in [0.3, 0.4) is 0 Å². The van der Waals surface area contributed by atoms with E-state index in [2.05, 4.69) is 5.32 Å². The van der Waals surface area contributed by atoms with E-state index in [0.717, 1.165) is 5.56 Å². The van der Waals surface area contributed by atoms with E-state index >= 15 is 0 Å². The number of hydrogen-bond donors (Lipinski definition) is 0. The van der Waals surface area contributed by atoms with Crippen LogP contribution in [0, 0.1) is 0 Å². The molecule has 2 rings (SSSR count). The van der Waals surface area contributed by atoms with Gasteiger partial charge >= 0.3 is 18.9 Å². The summed E-state index contributed by atoms with van der Waals surface area (Å²) in [5.74, 6) is 0. The number of urea groups is 1. The molecular formula is C11H13LiN2O. The average Bonchev–Trinajstić information content (AvgIpc) is 2.47. The Morgan fingerprint density at radius 2 is 1.87 bits per heavy atom. The molecule has 0 spiro atoms. The Bertz CT molecular complexity index is 342. The number of rotatable bonds is 1. The van der Waals surface area contributed by atoms with E-state index in [1.165, 1.54) is 0 Å². The number of nitrogens with zero attached hydrogens (tertiary/aromatic N) is 2. The fourth-order valence-electron chi connectivity index (χ4n) is 1.71. The minimum absolute atomic E-state index is 0. The molecule has 1 aromatic carbocycles. The van der Waals surface area contributed by atoms with Crippen LogP contribution >= 0.6 is 0 Å². The molecule has 1 aliphatic rings. The third-order valence-corrected chi connectivity index (χ3v) is 2.76. The van der Waals surface area contributed by atoms with Gasteiger partial charge in [0.1, 0.15) is 0 Å². The van der Waals surface area contributed by atoms with Crippen molar-refractivity contribution < 1.29 is 23.7 Å². The molecule has 1 aliphatic heterocycles. The molecule has 0 bridgehead atoms. The minimum Gasteiger partial charge on any atom is -0.436 e. The average molecular weight is 196 g/mol. The molecule has 2 amide bonds. The Kier molecular flexibility index (Phi) is 3.84. The Morgan fingerprint density at radius 1 is 1.27 bits per heavy atom. The Labute approximate surface area is 102 Å². The second-order valence-corrected chi connectivity index (χ2v) is 3.62. The van der Waals surface area contributed by atoms with Crippen LogP contribution in [0.2, 0.25) is 0 Å². The van der Waals surface area contributed by atoms with Crippen molar-refractivity contribution in [1.29, 1.82) is 0 Å². The molecule has 4 heteroatoms. The van der Waals surface area contributed by atoms with Gasteiger partial charge in [-0.3, -0.25) is 4.79 Å². The van der Waals surface area contributed by atoms with Crippen molar-refractivity contribution in [3.63, 3.8) is 0 Å². The van der Waals surface area contributed by atoms with Gasteiger partial charge in [-0.05, 0) is 17.6 Å². The van der Waals surface area contributed by atoms with Gasteiger partial charge < -0.3 is 10.2 Å². The molecule has 1 heterocycles. The van der Waals surface area contributed by atoms with Gasteiger partial charge in [0.05, 0.1) is 0 Å². The van der Waals surface area contributed by atoms with Gasteiger partial charge in [-0.2, -0.15) is 0 Å². The normalized spacial score (nSPS) is 24.7. The maximum atomic E-state index is 11.3. The number of amides is 2. The van der Waals surface area contributed by atoms with Crippen molar-refractivity contribution in [2.75, 3.05) is 7.05 Å². The SMILES string of the molecule is C[C@@H]1[C@H](c2ccccc2)[N-]C(=O)N1C.[Li+]. The quantitative estimate of drug-likeness (QED) is 0.561. The second-order valence-electron chi connectivity index (χ2n) is 3.62. The molecule has 15 heavy (non-hydrogen) atoms. The molecule has 0 N–H and O–H groups in total. The van der Waals surface area contributed by atoms with Crippen molar-refractivity contribution in [3.05, 3.63) is 41.2 Å².